The average Bonchev–Trinajstić information content (AvgIpc) is 3.37. The van der Waals surface area contributed by atoms with E-state index in [1.165, 1.54) is 28.4 Å². The third kappa shape index (κ3) is 3.82. The zero-order valence-corrected chi connectivity index (χ0v) is 18.7. The van der Waals surface area contributed by atoms with Crippen LogP contribution < -0.4 is 5.73 Å². The number of halogens is 2. The lowest BCUT2D eigenvalue weighted by atomic mass is 10.1. The van der Waals surface area contributed by atoms with Crippen molar-refractivity contribution < 1.29 is 4.39 Å². The van der Waals surface area contributed by atoms with Gasteiger partial charge in [-0.15, -0.1) is 5.10 Å². The Morgan fingerprint density at radius 3 is 2.84 bits per heavy atom. The van der Waals surface area contributed by atoms with Crippen molar-refractivity contribution in [3.63, 3.8) is 0 Å². The van der Waals surface area contributed by atoms with Crippen molar-refractivity contribution in [2.45, 2.75) is 39.3 Å². The predicted molar refractivity (Wildman–Crippen MR) is 121 cm³/mol. The normalized spacial score (nSPS) is 14.4. The van der Waals surface area contributed by atoms with Crippen LogP contribution in [0.2, 0.25) is 5.02 Å². The van der Waals surface area contributed by atoms with Gasteiger partial charge >= 0.3 is 0 Å². The number of rotatable bonds is 5. The van der Waals surface area contributed by atoms with Crippen LogP contribution in [-0.4, -0.2) is 47.1 Å². The Kier molecular flexibility index (Phi) is 5.30. The first-order valence-electron chi connectivity index (χ1n) is 10.6. The van der Waals surface area contributed by atoms with Gasteiger partial charge in [-0.1, -0.05) is 25.4 Å². The Balaban J connectivity index is 1.33. The van der Waals surface area contributed by atoms with Crippen molar-refractivity contribution in [2.24, 2.45) is 0 Å². The van der Waals surface area contributed by atoms with E-state index in [1.807, 2.05) is 6.20 Å². The van der Waals surface area contributed by atoms with Gasteiger partial charge < -0.3 is 10.3 Å². The van der Waals surface area contributed by atoms with E-state index < -0.39 is 5.82 Å². The lowest BCUT2D eigenvalue weighted by molar-refractivity contribution is 0.220. The molecule has 32 heavy (non-hydrogen) atoms. The van der Waals surface area contributed by atoms with E-state index in [-0.39, 0.29) is 5.95 Å². The lowest BCUT2D eigenvalue weighted by Gasteiger charge is -2.29. The first-order chi connectivity index (χ1) is 15.4. The molecule has 10 heteroatoms. The van der Waals surface area contributed by atoms with E-state index in [9.17, 15) is 4.39 Å². The molecule has 0 spiro atoms. The number of hydrogen-bond acceptors (Lipinski definition) is 6. The second-order valence-electron chi connectivity index (χ2n) is 8.36. The molecule has 1 aromatic carbocycles. The Morgan fingerprint density at radius 2 is 2.03 bits per heavy atom. The average molecular weight is 455 g/mol. The van der Waals surface area contributed by atoms with E-state index in [4.69, 9.17) is 17.3 Å². The quantitative estimate of drug-likeness (QED) is 0.496. The second-order valence-corrected chi connectivity index (χ2v) is 8.77. The summed E-state index contributed by atoms with van der Waals surface area (Å²) in [4.78, 5) is 15.9. The van der Waals surface area contributed by atoms with Crippen LogP contribution in [0.25, 0.3) is 16.9 Å². The fourth-order valence-corrected chi connectivity index (χ4v) is 4.38. The number of imidazole rings is 1. The van der Waals surface area contributed by atoms with Gasteiger partial charge in [0.05, 0.1) is 16.4 Å². The zero-order valence-electron chi connectivity index (χ0n) is 18.0. The molecule has 0 saturated carbocycles. The van der Waals surface area contributed by atoms with E-state index in [2.05, 4.69) is 43.4 Å². The van der Waals surface area contributed by atoms with Gasteiger partial charge in [0.1, 0.15) is 11.6 Å². The van der Waals surface area contributed by atoms with Gasteiger partial charge in [-0.25, -0.2) is 19.3 Å². The van der Waals surface area contributed by atoms with E-state index in [0.29, 0.717) is 40.1 Å². The minimum Gasteiger partial charge on any atom is -0.368 e. The number of nitrogens with zero attached hydrogens (tertiary/aromatic N) is 7. The van der Waals surface area contributed by atoms with Crippen LogP contribution in [0.5, 0.6) is 0 Å². The van der Waals surface area contributed by atoms with Gasteiger partial charge in [-0.3, -0.25) is 4.90 Å². The Morgan fingerprint density at radius 1 is 1.19 bits per heavy atom. The van der Waals surface area contributed by atoms with Crippen LogP contribution >= 0.6 is 11.6 Å². The number of nitrogens with two attached hydrogens (primary N) is 1. The van der Waals surface area contributed by atoms with E-state index >= 15 is 0 Å². The molecule has 0 amide bonds. The Hall–Kier alpha value is -3.04. The van der Waals surface area contributed by atoms with Gasteiger partial charge in [0, 0.05) is 56.3 Å². The molecule has 4 aromatic rings. The fourth-order valence-electron chi connectivity index (χ4n) is 4.16. The number of hydrogen-bond donors (Lipinski definition) is 1. The highest BCUT2D eigenvalue weighted by molar-refractivity contribution is 6.33. The van der Waals surface area contributed by atoms with Crippen LogP contribution in [0, 0.1) is 5.82 Å². The van der Waals surface area contributed by atoms with Gasteiger partial charge in [0.25, 0.3) is 0 Å². The summed E-state index contributed by atoms with van der Waals surface area (Å²) in [6.45, 7) is 7.93. The van der Waals surface area contributed by atoms with Crippen LogP contribution in [0.3, 0.4) is 0 Å². The largest absolute Gasteiger partial charge is 0.368 e. The van der Waals surface area contributed by atoms with Crippen molar-refractivity contribution in [2.75, 3.05) is 18.8 Å². The first kappa shape index (κ1) is 20.8. The minimum absolute atomic E-state index is 0.180. The summed E-state index contributed by atoms with van der Waals surface area (Å²) in [7, 11) is 0. The number of benzene rings is 1. The minimum atomic E-state index is -0.393. The topological polar surface area (TPSA) is 90.2 Å². The molecule has 0 atom stereocenters. The summed E-state index contributed by atoms with van der Waals surface area (Å²) in [6, 6.07) is 5.86. The molecule has 0 unspecified atom stereocenters. The molecule has 3 aromatic heterocycles. The highest BCUT2D eigenvalue weighted by Crippen LogP contribution is 2.28. The molecule has 0 aliphatic carbocycles. The number of aromatic nitrogens is 6. The Bertz CT molecular complexity index is 1290. The smallest absolute Gasteiger partial charge is 0.223 e. The highest BCUT2D eigenvalue weighted by Gasteiger charge is 2.21. The maximum absolute atomic E-state index is 13.7. The molecule has 4 heterocycles. The van der Waals surface area contributed by atoms with Crippen LogP contribution in [0.1, 0.15) is 37.1 Å². The Labute approximate surface area is 189 Å². The predicted octanol–water partition coefficient (Wildman–Crippen LogP) is 3.54. The molecular weight excluding hydrogens is 431 g/mol. The molecule has 5 rings (SSSR count). The molecule has 0 fully saturated rings. The van der Waals surface area contributed by atoms with Gasteiger partial charge in [-0.2, -0.15) is 4.52 Å². The standard InChI is InChI=1S/C22H24ClFN8/c1-13(2)21-26-11-15-12-30(7-8-31(15)21)6-5-19-28-20-10-18(27-22(25)32(20)29-19)16-9-14(24)3-4-17(16)23/h3-4,9-11,13H,5-8,12H2,1-2H3,(H2,25,27). The van der Waals surface area contributed by atoms with Gasteiger partial charge in [-0.05, 0) is 18.2 Å². The van der Waals surface area contributed by atoms with Crippen molar-refractivity contribution in [3.8, 4) is 11.3 Å². The third-order valence-corrected chi connectivity index (χ3v) is 6.09. The van der Waals surface area contributed by atoms with Crippen LogP contribution in [0.15, 0.2) is 30.5 Å². The molecule has 2 N–H and O–H groups in total. The number of fused-ring (bicyclic) bond motifs is 2. The monoisotopic (exact) mass is 454 g/mol. The summed E-state index contributed by atoms with van der Waals surface area (Å²) < 4.78 is 17.5. The molecular formula is C22H24ClFN8. The molecule has 166 valence electrons. The van der Waals surface area contributed by atoms with Crippen molar-refractivity contribution in [1.82, 2.24) is 34.0 Å². The maximum Gasteiger partial charge on any atom is 0.223 e. The first-order valence-corrected chi connectivity index (χ1v) is 11.0. The molecule has 8 nitrogen and oxygen atoms in total. The lowest BCUT2D eigenvalue weighted by Crippen LogP contribution is -2.35. The fraction of sp³-hybridized carbons (Fsp3) is 0.364. The number of nitrogen functional groups attached to an aromatic ring is 1. The molecule has 1 aliphatic rings. The number of anilines is 1. The molecule has 0 bridgehead atoms. The summed E-state index contributed by atoms with van der Waals surface area (Å²) >= 11 is 6.23. The van der Waals surface area contributed by atoms with Crippen molar-refractivity contribution >= 4 is 23.2 Å². The van der Waals surface area contributed by atoms with Crippen molar-refractivity contribution in [3.05, 3.63) is 58.6 Å². The second kappa shape index (κ2) is 8.14. The maximum atomic E-state index is 13.7. The zero-order chi connectivity index (χ0) is 22.4. The molecule has 0 saturated heterocycles. The highest BCUT2D eigenvalue weighted by atomic mass is 35.5. The van der Waals surface area contributed by atoms with E-state index in [0.717, 1.165) is 32.0 Å². The van der Waals surface area contributed by atoms with Crippen LogP contribution in [0.4, 0.5) is 10.3 Å². The summed E-state index contributed by atoms with van der Waals surface area (Å²) in [6.07, 6.45) is 2.67. The SMILES string of the molecule is CC(C)c1ncc2n1CCN(CCc1nc3cc(-c4cc(F)ccc4Cl)nc(N)n3n1)C2. The third-order valence-electron chi connectivity index (χ3n) is 5.76. The summed E-state index contributed by atoms with van der Waals surface area (Å²) in [5.41, 5.74) is 8.84. The van der Waals surface area contributed by atoms with Gasteiger partial charge in [0.2, 0.25) is 5.95 Å². The van der Waals surface area contributed by atoms with Crippen LogP contribution in [-0.2, 0) is 19.5 Å². The summed E-state index contributed by atoms with van der Waals surface area (Å²) in [5.74, 6) is 2.04. The molecule has 1 aliphatic heterocycles. The molecule has 0 radical (unpaired) electrons. The van der Waals surface area contributed by atoms with Crippen molar-refractivity contribution in [1.29, 1.82) is 0 Å². The summed E-state index contributed by atoms with van der Waals surface area (Å²) in [5, 5.41) is 4.91. The van der Waals surface area contributed by atoms with E-state index in [1.54, 1.807) is 6.07 Å². The van der Waals surface area contributed by atoms with Gasteiger partial charge in [0.15, 0.2) is 11.5 Å².